The molecule has 5 nitrogen and oxygen atoms in total. The largest absolute Gasteiger partial charge is 0.465 e. The number of ether oxygens (including phenoxy) is 2. The summed E-state index contributed by atoms with van der Waals surface area (Å²) in [5, 5.41) is 2.54. The van der Waals surface area contributed by atoms with Crippen LogP contribution >= 0.6 is 0 Å². The first kappa shape index (κ1) is 16.4. The number of anilines is 1. The van der Waals surface area contributed by atoms with E-state index >= 15 is 0 Å². The monoisotopic (exact) mass is 321 g/mol. The maximum absolute atomic E-state index is 12.3. The van der Waals surface area contributed by atoms with Crippen LogP contribution in [0.5, 0.6) is 5.75 Å². The molecule has 0 spiro atoms. The third kappa shape index (κ3) is 4.26. The molecule has 0 fully saturated rings. The van der Waals surface area contributed by atoms with Crippen molar-refractivity contribution < 1.29 is 27.8 Å². The number of alkyl halides is 2. The lowest BCUT2D eigenvalue weighted by molar-refractivity contribution is -0.0501. The van der Waals surface area contributed by atoms with Crippen LogP contribution in [0.3, 0.4) is 0 Å². The molecule has 0 radical (unpaired) electrons. The van der Waals surface area contributed by atoms with Gasteiger partial charge in [-0.2, -0.15) is 8.78 Å². The van der Waals surface area contributed by atoms with Crippen molar-refractivity contribution >= 4 is 17.6 Å². The van der Waals surface area contributed by atoms with Gasteiger partial charge in [0.1, 0.15) is 5.75 Å². The lowest BCUT2D eigenvalue weighted by Gasteiger charge is -2.11. The topological polar surface area (TPSA) is 64.6 Å². The van der Waals surface area contributed by atoms with Gasteiger partial charge in [0.2, 0.25) is 0 Å². The molecule has 0 aliphatic rings. The van der Waals surface area contributed by atoms with Crippen molar-refractivity contribution in [2.75, 3.05) is 12.4 Å². The summed E-state index contributed by atoms with van der Waals surface area (Å²) in [6.45, 7) is -3.02. The number of carbonyl (C=O) groups excluding carboxylic acids is 2. The zero-order valence-electron chi connectivity index (χ0n) is 12.1. The molecule has 0 aromatic heterocycles. The van der Waals surface area contributed by atoms with Gasteiger partial charge in [0.25, 0.3) is 5.91 Å². The molecular formula is C16H13F2NO4. The van der Waals surface area contributed by atoms with Gasteiger partial charge in [-0.05, 0) is 36.4 Å². The SMILES string of the molecule is COC(=O)c1ccc(NC(=O)c2ccccc2OC(F)F)cc1. The van der Waals surface area contributed by atoms with E-state index in [2.05, 4.69) is 14.8 Å². The molecule has 0 saturated heterocycles. The summed E-state index contributed by atoms with van der Waals surface area (Å²) in [6, 6.07) is 11.6. The lowest BCUT2D eigenvalue weighted by atomic mass is 10.1. The predicted octanol–water partition coefficient (Wildman–Crippen LogP) is 3.33. The van der Waals surface area contributed by atoms with Gasteiger partial charge < -0.3 is 14.8 Å². The fourth-order valence-corrected chi connectivity index (χ4v) is 1.86. The first-order valence-corrected chi connectivity index (χ1v) is 6.55. The van der Waals surface area contributed by atoms with Gasteiger partial charge in [-0.1, -0.05) is 12.1 Å². The summed E-state index contributed by atoms with van der Waals surface area (Å²) in [5.74, 6) is -1.32. The third-order valence-electron chi connectivity index (χ3n) is 2.91. The highest BCUT2D eigenvalue weighted by Crippen LogP contribution is 2.21. The Hall–Kier alpha value is -2.96. The summed E-state index contributed by atoms with van der Waals surface area (Å²) in [7, 11) is 1.26. The molecule has 0 atom stereocenters. The summed E-state index contributed by atoms with van der Waals surface area (Å²) in [4.78, 5) is 23.5. The first-order valence-electron chi connectivity index (χ1n) is 6.55. The molecule has 0 unspecified atom stereocenters. The summed E-state index contributed by atoms with van der Waals surface area (Å²) in [6.07, 6.45) is 0. The molecule has 2 aromatic carbocycles. The Labute approximate surface area is 130 Å². The number of hydrogen-bond acceptors (Lipinski definition) is 4. The van der Waals surface area contributed by atoms with E-state index < -0.39 is 18.5 Å². The Kier molecular flexibility index (Phi) is 5.24. The van der Waals surface area contributed by atoms with Gasteiger partial charge in [-0.3, -0.25) is 4.79 Å². The van der Waals surface area contributed by atoms with Gasteiger partial charge in [0.15, 0.2) is 0 Å². The number of methoxy groups -OCH3 is 1. The number of esters is 1. The maximum Gasteiger partial charge on any atom is 0.387 e. The minimum Gasteiger partial charge on any atom is -0.465 e. The van der Waals surface area contributed by atoms with Crippen LogP contribution in [0, 0.1) is 0 Å². The average Bonchev–Trinajstić information content (AvgIpc) is 2.54. The van der Waals surface area contributed by atoms with Crippen molar-refractivity contribution in [3.8, 4) is 5.75 Å². The maximum atomic E-state index is 12.3. The van der Waals surface area contributed by atoms with E-state index in [-0.39, 0.29) is 11.3 Å². The molecule has 0 saturated carbocycles. The smallest absolute Gasteiger partial charge is 0.387 e. The van der Waals surface area contributed by atoms with E-state index in [9.17, 15) is 18.4 Å². The summed E-state index contributed by atoms with van der Waals surface area (Å²) >= 11 is 0. The highest BCUT2D eigenvalue weighted by molar-refractivity contribution is 6.06. The van der Waals surface area contributed by atoms with Crippen molar-refractivity contribution in [1.29, 1.82) is 0 Å². The van der Waals surface area contributed by atoms with E-state index in [1.807, 2.05) is 0 Å². The van der Waals surface area contributed by atoms with E-state index in [0.29, 0.717) is 11.3 Å². The van der Waals surface area contributed by atoms with Crippen LogP contribution in [0.1, 0.15) is 20.7 Å². The fourth-order valence-electron chi connectivity index (χ4n) is 1.86. The molecule has 0 heterocycles. The molecular weight excluding hydrogens is 308 g/mol. The fraction of sp³-hybridized carbons (Fsp3) is 0.125. The number of rotatable bonds is 5. The van der Waals surface area contributed by atoms with E-state index in [1.54, 1.807) is 0 Å². The molecule has 0 aliphatic heterocycles. The van der Waals surface area contributed by atoms with Crippen LogP contribution in [0.4, 0.5) is 14.5 Å². The molecule has 7 heteroatoms. The van der Waals surface area contributed by atoms with Crippen LogP contribution in [-0.2, 0) is 4.74 Å². The molecule has 2 aromatic rings. The zero-order chi connectivity index (χ0) is 16.8. The molecule has 23 heavy (non-hydrogen) atoms. The van der Waals surface area contributed by atoms with Crippen LogP contribution < -0.4 is 10.1 Å². The number of nitrogens with one attached hydrogen (secondary N) is 1. The molecule has 0 aliphatic carbocycles. The first-order chi connectivity index (χ1) is 11.0. The van der Waals surface area contributed by atoms with Crippen molar-refractivity contribution in [1.82, 2.24) is 0 Å². The Bertz CT molecular complexity index is 701. The second-order valence-electron chi connectivity index (χ2n) is 4.40. The minimum absolute atomic E-state index is 0.0233. The van der Waals surface area contributed by atoms with Gasteiger partial charge in [-0.15, -0.1) is 0 Å². The number of halogens is 2. The summed E-state index contributed by atoms with van der Waals surface area (Å²) < 4.78 is 33.6. The van der Waals surface area contributed by atoms with Crippen molar-refractivity contribution in [3.05, 3.63) is 59.7 Å². The highest BCUT2D eigenvalue weighted by Gasteiger charge is 2.15. The van der Waals surface area contributed by atoms with E-state index in [0.717, 1.165) is 0 Å². The van der Waals surface area contributed by atoms with Crippen molar-refractivity contribution in [2.45, 2.75) is 6.61 Å². The molecule has 120 valence electrons. The van der Waals surface area contributed by atoms with Crippen LogP contribution in [-0.4, -0.2) is 25.6 Å². The Morgan fingerprint density at radius 3 is 2.30 bits per heavy atom. The third-order valence-corrected chi connectivity index (χ3v) is 2.91. The lowest BCUT2D eigenvalue weighted by Crippen LogP contribution is -2.15. The van der Waals surface area contributed by atoms with Crippen LogP contribution in [0.2, 0.25) is 0 Å². The van der Waals surface area contributed by atoms with Gasteiger partial charge in [0.05, 0.1) is 18.2 Å². The quantitative estimate of drug-likeness (QED) is 0.858. The second-order valence-corrected chi connectivity index (χ2v) is 4.40. The second kappa shape index (κ2) is 7.35. The summed E-state index contributed by atoms with van der Waals surface area (Å²) in [5.41, 5.74) is 0.700. The van der Waals surface area contributed by atoms with Gasteiger partial charge in [0, 0.05) is 5.69 Å². The van der Waals surface area contributed by atoms with E-state index in [1.165, 1.54) is 55.6 Å². The molecule has 1 N–H and O–H groups in total. The normalized spacial score (nSPS) is 10.3. The Morgan fingerprint density at radius 2 is 1.70 bits per heavy atom. The number of benzene rings is 2. The minimum atomic E-state index is -3.02. The van der Waals surface area contributed by atoms with Crippen molar-refractivity contribution in [3.63, 3.8) is 0 Å². The van der Waals surface area contributed by atoms with Gasteiger partial charge >= 0.3 is 12.6 Å². The van der Waals surface area contributed by atoms with Crippen LogP contribution in [0.15, 0.2) is 48.5 Å². The number of carbonyl (C=O) groups is 2. The number of para-hydroxylation sites is 1. The van der Waals surface area contributed by atoms with E-state index in [4.69, 9.17) is 0 Å². The molecule has 0 bridgehead atoms. The highest BCUT2D eigenvalue weighted by atomic mass is 19.3. The number of hydrogen-bond donors (Lipinski definition) is 1. The average molecular weight is 321 g/mol. The predicted molar refractivity (Wildman–Crippen MR) is 78.8 cm³/mol. The molecule has 2 rings (SSSR count). The van der Waals surface area contributed by atoms with Gasteiger partial charge in [-0.25, -0.2) is 4.79 Å². The van der Waals surface area contributed by atoms with Crippen molar-refractivity contribution in [2.24, 2.45) is 0 Å². The van der Waals surface area contributed by atoms with Crippen LogP contribution in [0.25, 0.3) is 0 Å². The number of amides is 1. The zero-order valence-corrected chi connectivity index (χ0v) is 12.1. The Balaban J connectivity index is 2.15. The molecule has 1 amide bonds. The Morgan fingerprint density at radius 1 is 1.04 bits per heavy atom. The standard InChI is InChI=1S/C16H13F2NO4/c1-22-15(21)10-6-8-11(9-7-10)19-14(20)12-4-2-3-5-13(12)23-16(17)18/h2-9,16H,1H3,(H,19,20).